The van der Waals surface area contributed by atoms with Crippen LogP contribution in [0.3, 0.4) is 0 Å². The van der Waals surface area contributed by atoms with Gasteiger partial charge in [-0.3, -0.25) is 4.98 Å². The van der Waals surface area contributed by atoms with Crippen molar-refractivity contribution in [2.45, 2.75) is 0 Å². The first-order valence-electron chi connectivity index (χ1n) is 4.29. The molecule has 0 saturated carbocycles. The van der Waals surface area contributed by atoms with Crippen LogP contribution in [0.4, 0.5) is 11.6 Å². The summed E-state index contributed by atoms with van der Waals surface area (Å²) >= 11 is 0. The van der Waals surface area contributed by atoms with Crippen molar-refractivity contribution in [3.05, 3.63) is 42.5 Å². The number of anilines is 2. The van der Waals surface area contributed by atoms with E-state index in [-0.39, 0.29) is 0 Å². The molecule has 2 rings (SSSR count). The number of hydrogen-bond donors (Lipinski definition) is 1. The molecule has 5 nitrogen and oxygen atoms in total. The van der Waals surface area contributed by atoms with Crippen LogP contribution in [-0.2, 0) is 0 Å². The smallest absolute Gasteiger partial charge is 0.228 e. The van der Waals surface area contributed by atoms with Gasteiger partial charge in [0, 0.05) is 12.4 Å². The third kappa shape index (κ3) is 2.25. The molecule has 2 aromatic heterocycles. The summed E-state index contributed by atoms with van der Waals surface area (Å²) in [5.41, 5.74) is 1.11. The molecule has 1 N–H and O–H groups in total. The molecular weight excluding hydrogens is 190 g/mol. The predicted molar refractivity (Wildman–Crippen MR) is 54.3 cm³/mol. The van der Waals surface area contributed by atoms with Crippen LogP contribution in [-0.4, -0.2) is 15.0 Å². The highest BCUT2D eigenvalue weighted by Crippen LogP contribution is 2.09. The first kappa shape index (κ1) is 9.09. The van der Waals surface area contributed by atoms with Crippen LogP contribution < -0.4 is 5.32 Å². The average Bonchev–Trinajstić information content (AvgIpc) is 2.31. The monoisotopic (exact) mass is 197 g/mol. The minimum Gasteiger partial charge on any atom is -0.323 e. The number of nitriles is 1. The van der Waals surface area contributed by atoms with Gasteiger partial charge >= 0.3 is 0 Å². The van der Waals surface area contributed by atoms with E-state index in [1.807, 2.05) is 12.1 Å². The lowest BCUT2D eigenvalue weighted by molar-refractivity contribution is 1.14. The summed E-state index contributed by atoms with van der Waals surface area (Å²) in [6.45, 7) is 0. The molecule has 0 spiro atoms. The Labute approximate surface area is 86.5 Å². The van der Waals surface area contributed by atoms with Crippen molar-refractivity contribution >= 4 is 11.6 Å². The van der Waals surface area contributed by atoms with E-state index in [0.29, 0.717) is 11.6 Å². The summed E-state index contributed by atoms with van der Waals surface area (Å²) < 4.78 is 0. The highest BCUT2D eigenvalue weighted by atomic mass is 15.1. The second kappa shape index (κ2) is 4.15. The third-order valence-corrected chi connectivity index (χ3v) is 1.69. The SMILES string of the molecule is N#Cc1ccnc(Nc2cccnc2)n1. The Morgan fingerprint density at radius 1 is 1.27 bits per heavy atom. The van der Waals surface area contributed by atoms with Crippen LogP contribution in [0, 0.1) is 11.3 Å². The molecule has 0 fully saturated rings. The molecule has 2 heterocycles. The summed E-state index contributed by atoms with van der Waals surface area (Å²) in [5, 5.41) is 11.6. The molecule has 0 unspecified atom stereocenters. The maximum atomic E-state index is 8.65. The topological polar surface area (TPSA) is 74.5 Å². The molecule has 2 aromatic rings. The molecule has 0 aliphatic rings. The van der Waals surface area contributed by atoms with Crippen molar-refractivity contribution in [1.82, 2.24) is 15.0 Å². The second-order valence-electron chi connectivity index (χ2n) is 2.74. The number of nitrogens with zero attached hydrogens (tertiary/aromatic N) is 4. The molecule has 5 heteroatoms. The molecule has 15 heavy (non-hydrogen) atoms. The first-order chi connectivity index (χ1) is 7.38. The lowest BCUT2D eigenvalue weighted by Gasteiger charge is -2.02. The van der Waals surface area contributed by atoms with Crippen molar-refractivity contribution in [2.24, 2.45) is 0 Å². The quantitative estimate of drug-likeness (QED) is 0.789. The summed E-state index contributed by atoms with van der Waals surface area (Å²) in [5.74, 6) is 0.391. The van der Waals surface area contributed by atoms with Gasteiger partial charge in [0.2, 0.25) is 5.95 Å². The maximum absolute atomic E-state index is 8.65. The van der Waals surface area contributed by atoms with Crippen LogP contribution in [0.25, 0.3) is 0 Å². The van der Waals surface area contributed by atoms with Crippen molar-refractivity contribution in [3.63, 3.8) is 0 Å². The zero-order valence-electron chi connectivity index (χ0n) is 7.75. The Morgan fingerprint density at radius 2 is 2.20 bits per heavy atom. The van der Waals surface area contributed by atoms with E-state index in [2.05, 4.69) is 20.3 Å². The minimum absolute atomic E-state index is 0.330. The zero-order valence-corrected chi connectivity index (χ0v) is 7.75. The third-order valence-electron chi connectivity index (χ3n) is 1.69. The van der Waals surface area contributed by atoms with E-state index >= 15 is 0 Å². The highest BCUT2D eigenvalue weighted by molar-refractivity contribution is 5.51. The number of rotatable bonds is 2. The van der Waals surface area contributed by atoms with E-state index in [1.165, 1.54) is 6.20 Å². The van der Waals surface area contributed by atoms with E-state index in [1.54, 1.807) is 24.5 Å². The molecule has 0 aromatic carbocycles. The van der Waals surface area contributed by atoms with Crippen LogP contribution >= 0.6 is 0 Å². The zero-order chi connectivity index (χ0) is 10.5. The molecule has 0 radical (unpaired) electrons. The molecule has 0 aliphatic heterocycles. The largest absolute Gasteiger partial charge is 0.323 e. The molecule has 0 aliphatic carbocycles. The lowest BCUT2D eigenvalue weighted by atomic mass is 10.4. The fourth-order valence-corrected chi connectivity index (χ4v) is 1.05. The van der Waals surface area contributed by atoms with Crippen molar-refractivity contribution in [3.8, 4) is 6.07 Å². The maximum Gasteiger partial charge on any atom is 0.228 e. The molecule has 72 valence electrons. The molecular formula is C10H7N5. The fraction of sp³-hybridized carbons (Fsp3) is 0. The molecule has 0 amide bonds. The first-order valence-corrected chi connectivity index (χ1v) is 4.29. The number of nitrogens with one attached hydrogen (secondary N) is 1. The Morgan fingerprint density at radius 3 is 2.93 bits per heavy atom. The van der Waals surface area contributed by atoms with Gasteiger partial charge in [0.15, 0.2) is 0 Å². The van der Waals surface area contributed by atoms with Gasteiger partial charge in [-0.15, -0.1) is 0 Å². The second-order valence-corrected chi connectivity index (χ2v) is 2.74. The van der Waals surface area contributed by atoms with Crippen LogP contribution in [0.15, 0.2) is 36.8 Å². The molecule has 0 atom stereocenters. The van der Waals surface area contributed by atoms with Crippen molar-refractivity contribution < 1.29 is 0 Å². The Kier molecular flexibility index (Phi) is 2.52. The van der Waals surface area contributed by atoms with Gasteiger partial charge in [-0.2, -0.15) is 5.26 Å². The number of aromatic nitrogens is 3. The van der Waals surface area contributed by atoms with Gasteiger partial charge in [0.05, 0.1) is 11.9 Å². The van der Waals surface area contributed by atoms with Gasteiger partial charge in [-0.25, -0.2) is 9.97 Å². The van der Waals surface area contributed by atoms with E-state index in [9.17, 15) is 0 Å². The summed E-state index contributed by atoms with van der Waals surface area (Å²) in [4.78, 5) is 11.9. The lowest BCUT2D eigenvalue weighted by Crippen LogP contribution is -1.97. The van der Waals surface area contributed by atoms with Crippen LogP contribution in [0.5, 0.6) is 0 Å². The van der Waals surface area contributed by atoms with Gasteiger partial charge in [-0.05, 0) is 18.2 Å². The summed E-state index contributed by atoms with van der Waals surface area (Å²) in [7, 11) is 0. The van der Waals surface area contributed by atoms with Gasteiger partial charge in [0.25, 0.3) is 0 Å². The normalized spacial score (nSPS) is 9.27. The Hall–Kier alpha value is -2.48. The fourth-order valence-electron chi connectivity index (χ4n) is 1.05. The van der Waals surface area contributed by atoms with Gasteiger partial charge < -0.3 is 5.32 Å². The van der Waals surface area contributed by atoms with Crippen molar-refractivity contribution in [2.75, 3.05) is 5.32 Å². The molecule has 0 saturated heterocycles. The van der Waals surface area contributed by atoms with Gasteiger partial charge in [-0.1, -0.05) is 0 Å². The highest BCUT2D eigenvalue weighted by Gasteiger charge is 1.98. The van der Waals surface area contributed by atoms with Crippen LogP contribution in [0.2, 0.25) is 0 Å². The Bertz CT molecular complexity index is 489. The molecule has 0 bridgehead atoms. The predicted octanol–water partition coefficient (Wildman–Crippen LogP) is 1.49. The van der Waals surface area contributed by atoms with Crippen molar-refractivity contribution in [1.29, 1.82) is 5.26 Å². The summed E-state index contributed by atoms with van der Waals surface area (Å²) in [6.07, 6.45) is 4.87. The number of pyridine rings is 1. The van der Waals surface area contributed by atoms with E-state index in [4.69, 9.17) is 5.26 Å². The average molecular weight is 197 g/mol. The van der Waals surface area contributed by atoms with E-state index in [0.717, 1.165) is 5.69 Å². The van der Waals surface area contributed by atoms with Crippen LogP contribution in [0.1, 0.15) is 5.69 Å². The minimum atomic E-state index is 0.330. The Balaban J connectivity index is 2.22. The number of hydrogen-bond acceptors (Lipinski definition) is 5. The van der Waals surface area contributed by atoms with E-state index < -0.39 is 0 Å². The summed E-state index contributed by atoms with van der Waals surface area (Å²) in [6, 6.07) is 7.14. The van der Waals surface area contributed by atoms with Gasteiger partial charge in [0.1, 0.15) is 11.8 Å². The standard InChI is InChI=1S/C10H7N5/c11-6-8-3-5-13-10(14-8)15-9-2-1-4-12-7-9/h1-5,7H,(H,13,14,15).